The molecule has 0 bridgehead atoms. The van der Waals surface area contributed by atoms with E-state index in [1.54, 1.807) is 29.2 Å². The van der Waals surface area contributed by atoms with Crippen LogP contribution in [-0.2, 0) is 4.79 Å². The molecule has 2 aromatic rings. The monoisotopic (exact) mass is 387 g/mol. The number of rotatable bonds is 4. The minimum atomic E-state index is -1.28. The number of fused-ring (bicyclic) bond motifs is 1. The number of amides is 1. The standard InChI is InChI=1S/C21H22ClNO4/c22-17-6-2-3-14-15(17)4-1-5-16(14)19(25)23-10-9-18(24)21(12-23,20(26)27)11-13-7-8-13/h1-6,13,18,24H,7-12H2,(H,26,27)/t18-,21+/m0/s1. The third kappa shape index (κ3) is 3.19. The van der Waals surface area contributed by atoms with E-state index < -0.39 is 17.5 Å². The summed E-state index contributed by atoms with van der Waals surface area (Å²) in [5.41, 5.74) is -0.769. The fourth-order valence-corrected chi connectivity index (χ4v) is 4.45. The van der Waals surface area contributed by atoms with Gasteiger partial charge in [-0.1, -0.05) is 48.7 Å². The number of aliphatic carboxylic acids is 1. The summed E-state index contributed by atoms with van der Waals surface area (Å²) < 4.78 is 0. The molecule has 1 heterocycles. The number of aliphatic hydroxyl groups is 1. The van der Waals surface area contributed by atoms with E-state index >= 15 is 0 Å². The minimum Gasteiger partial charge on any atom is -0.481 e. The highest BCUT2D eigenvalue weighted by molar-refractivity contribution is 6.36. The molecule has 1 saturated heterocycles. The van der Waals surface area contributed by atoms with E-state index in [1.165, 1.54) is 0 Å². The van der Waals surface area contributed by atoms with Crippen molar-refractivity contribution in [1.29, 1.82) is 0 Å². The van der Waals surface area contributed by atoms with Crippen LogP contribution in [0.2, 0.25) is 5.02 Å². The molecule has 1 aliphatic heterocycles. The SMILES string of the molecule is O=C(c1cccc2c(Cl)cccc12)N1CC[C@H](O)[C@](CC2CC2)(C(=O)O)C1. The van der Waals surface area contributed by atoms with Gasteiger partial charge in [-0.3, -0.25) is 9.59 Å². The predicted octanol–water partition coefficient (Wildman–Crippen LogP) is 3.57. The average Bonchev–Trinajstić information content (AvgIpc) is 3.47. The number of benzene rings is 2. The Bertz CT molecular complexity index is 910. The van der Waals surface area contributed by atoms with Gasteiger partial charge in [-0.2, -0.15) is 0 Å². The summed E-state index contributed by atoms with van der Waals surface area (Å²) in [6.45, 7) is 0.381. The highest BCUT2D eigenvalue weighted by Gasteiger charge is 2.52. The van der Waals surface area contributed by atoms with Crippen molar-refractivity contribution in [3.05, 3.63) is 47.0 Å². The van der Waals surface area contributed by atoms with Gasteiger partial charge >= 0.3 is 5.97 Å². The van der Waals surface area contributed by atoms with Gasteiger partial charge in [-0.05, 0) is 36.3 Å². The Balaban J connectivity index is 1.68. The number of carboxylic acid groups (broad SMARTS) is 1. The van der Waals surface area contributed by atoms with Crippen LogP contribution in [0, 0.1) is 11.3 Å². The first-order valence-corrected chi connectivity index (χ1v) is 9.68. The molecule has 0 aromatic heterocycles. The van der Waals surface area contributed by atoms with Crippen LogP contribution >= 0.6 is 11.6 Å². The first-order valence-electron chi connectivity index (χ1n) is 9.30. The molecular weight excluding hydrogens is 366 g/mol. The largest absolute Gasteiger partial charge is 0.481 e. The van der Waals surface area contributed by atoms with Gasteiger partial charge in [0.1, 0.15) is 5.41 Å². The van der Waals surface area contributed by atoms with Crippen LogP contribution in [0.5, 0.6) is 0 Å². The molecular formula is C21H22ClNO4. The lowest BCUT2D eigenvalue weighted by atomic mass is 9.73. The van der Waals surface area contributed by atoms with Crippen LogP contribution in [0.25, 0.3) is 10.8 Å². The second-order valence-electron chi connectivity index (χ2n) is 7.78. The molecule has 2 fully saturated rings. The summed E-state index contributed by atoms with van der Waals surface area (Å²) in [4.78, 5) is 26.9. The molecule has 2 aromatic carbocycles. The number of hydrogen-bond donors (Lipinski definition) is 2. The summed E-state index contributed by atoms with van der Waals surface area (Å²) in [6.07, 6.45) is 1.77. The number of aliphatic hydroxyl groups excluding tert-OH is 1. The van der Waals surface area contributed by atoms with E-state index in [0.717, 1.165) is 23.6 Å². The predicted molar refractivity (Wildman–Crippen MR) is 103 cm³/mol. The van der Waals surface area contributed by atoms with Crippen molar-refractivity contribution in [3.8, 4) is 0 Å². The molecule has 1 amide bonds. The minimum absolute atomic E-state index is 0.0375. The number of carbonyl (C=O) groups excluding carboxylic acids is 1. The maximum atomic E-state index is 13.3. The Labute approximate surface area is 162 Å². The molecule has 2 N–H and O–H groups in total. The van der Waals surface area contributed by atoms with Crippen molar-refractivity contribution in [2.24, 2.45) is 11.3 Å². The fourth-order valence-electron chi connectivity index (χ4n) is 4.22. The van der Waals surface area contributed by atoms with Crippen LogP contribution in [0.1, 0.15) is 36.0 Å². The number of likely N-dealkylation sites (tertiary alicyclic amines) is 1. The van der Waals surface area contributed by atoms with Crippen molar-refractivity contribution in [1.82, 2.24) is 4.90 Å². The number of carbonyl (C=O) groups is 2. The van der Waals surface area contributed by atoms with E-state index in [0.29, 0.717) is 29.5 Å². The molecule has 5 nitrogen and oxygen atoms in total. The van der Waals surface area contributed by atoms with Gasteiger partial charge in [-0.15, -0.1) is 0 Å². The molecule has 4 rings (SSSR count). The molecule has 27 heavy (non-hydrogen) atoms. The van der Waals surface area contributed by atoms with Crippen molar-refractivity contribution in [3.63, 3.8) is 0 Å². The summed E-state index contributed by atoms with van der Waals surface area (Å²) in [5, 5.41) is 22.5. The number of piperidine rings is 1. The lowest BCUT2D eigenvalue weighted by Gasteiger charge is -2.43. The van der Waals surface area contributed by atoms with Gasteiger partial charge in [0.25, 0.3) is 5.91 Å². The zero-order valence-corrected chi connectivity index (χ0v) is 15.7. The number of hydrogen-bond acceptors (Lipinski definition) is 3. The third-order valence-electron chi connectivity index (χ3n) is 5.95. The molecule has 142 valence electrons. The summed E-state index contributed by atoms with van der Waals surface area (Å²) in [6, 6.07) is 10.8. The Morgan fingerprint density at radius 1 is 1.11 bits per heavy atom. The molecule has 1 saturated carbocycles. The molecule has 2 atom stereocenters. The first-order chi connectivity index (χ1) is 12.9. The van der Waals surface area contributed by atoms with Crippen molar-refractivity contribution < 1.29 is 19.8 Å². The average molecular weight is 388 g/mol. The van der Waals surface area contributed by atoms with Gasteiger partial charge in [0.2, 0.25) is 0 Å². The van der Waals surface area contributed by atoms with Crippen LogP contribution in [0.4, 0.5) is 0 Å². The molecule has 0 unspecified atom stereocenters. The van der Waals surface area contributed by atoms with Gasteiger partial charge in [0, 0.05) is 29.1 Å². The smallest absolute Gasteiger partial charge is 0.314 e. The summed E-state index contributed by atoms with van der Waals surface area (Å²) in [5.74, 6) is -0.890. The van der Waals surface area contributed by atoms with Gasteiger partial charge in [-0.25, -0.2) is 0 Å². The second kappa shape index (κ2) is 6.80. The van der Waals surface area contributed by atoms with E-state index in [4.69, 9.17) is 11.6 Å². The Morgan fingerprint density at radius 3 is 2.52 bits per heavy atom. The van der Waals surface area contributed by atoms with E-state index in [9.17, 15) is 19.8 Å². The topological polar surface area (TPSA) is 77.8 Å². The van der Waals surface area contributed by atoms with Crippen LogP contribution in [-0.4, -0.2) is 46.2 Å². The third-order valence-corrected chi connectivity index (χ3v) is 6.28. The fraction of sp³-hybridized carbons (Fsp3) is 0.429. The molecule has 0 spiro atoms. The lowest BCUT2D eigenvalue weighted by Crippen LogP contribution is -2.57. The molecule has 1 aliphatic carbocycles. The van der Waals surface area contributed by atoms with Gasteiger partial charge in [0.15, 0.2) is 0 Å². The number of nitrogens with zero attached hydrogens (tertiary/aromatic N) is 1. The Morgan fingerprint density at radius 2 is 1.81 bits per heavy atom. The number of carboxylic acids is 1. The van der Waals surface area contributed by atoms with E-state index in [2.05, 4.69) is 0 Å². The maximum absolute atomic E-state index is 13.3. The first kappa shape index (κ1) is 18.3. The zero-order chi connectivity index (χ0) is 19.2. The summed E-state index contributed by atoms with van der Waals surface area (Å²) in [7, 11) is 0. The van der Waals surface area contributed by atoms with Crippen LogP contribution in [0.3, 0.4) is 0 Å². The lowest BCUT2D eigenvalue weighted by molar-refractivity contribution is -0.163. The van der Waals surface area contributed by atoms with Crippen molar-refractivity contribution in [2.75, 3.05) is 13.1 Å². The van der Waals surface area contributed by atoms with Crippen molar-refractivity contribution >= 4 is 34.2 Å². The highest BCUT2D eigenvalue weighted by atomic mass is 35.5. The quantitative estimate of drug-likeness (QED) is 0.840. The number of halogens is 1. The normalized spacial score (nSPS) is 25.6. The molecule has 6 heteroatoms. The zero-order valence-electron chi connectivity index (χ0n) is 14.9. The van der Waals surface area contributed by atoms with E-state index in [-0.39, 0.29) is 18.9 Å². The van der Waals surface area contributed by atoms with Gasteiger partial charge < -0.3 is 15.1 Å². The Kier molecular flexibility index (Phi) is 4.60. The van der Waals surface area contributed by atoms with Crippen molar-refractivity contribution in [2.45, 2.75) is 31.8 Å². The molecule has 0 radical (unpaired) electrons. The highest BCUT2D eigenvalue weighted by Crippen LogP contribution is 2.45. The maximum Gasteiger partial charge on any atom is 0.314 e. The van der Waals surface area contributed by atoms with Crippen LogP contribution < -0.4 is 0 Å². The Hall–Kier alpha value is -2.11. The van der Waals surface area contributed by atoms with Gasteiger partial charge in [0.05, 0.1) is 6.10 Å². The van der Waals surface area contributed by atoms with Crippen LogP contribution in [0.15, 0.2) is 36.4 Å². The van der Waals surface area contributed by atoms with E-state index in [1.807, 2.05) is 12.1 Å². The second-order valence-corrected chi connectivity index (χ2v) is 8.19. The summed E-state index contributed by atoms with van der Waals surface area (Å²) >= 11 is 6.25. The molecule has 2 aliphatic rings.